The molecule has 1 aromatic carbocycles. The van der Waals surface area contributed by atoms with Crippen molar-refractivity contribution in [1.82, 2.24) is 14.6 Å². The lowest BCUT2D eigenvalue weighted by molar-refractivity contribution is -0.0769. The van der Waals surface area contributed by atoms with E-state index in [9.17, 15) is 34.6 Å². The Labute approximate surface area is 328 Å². The highest BCUT2D eigenvalue weighted by atomic mass is 31.2. The van der Waals surface area contributed by atoms with Crippen molar-refractivity contribution in [1.29, 1.82) is 10.5 Å². The predicted octanol–water partition coefficient (Wildman–Crippen LogP) is 7.50. The number of aromatic nitrogens is 3. The lowest BCUT2D eigenvalue weighted by Gasteiger charge is -2.24. The van der Waals surface area contributed by atoms with Crippen molar-refractivity contribution in [3.05, 3.63) is 59.3 Å². The van der Waals surface area contributed by atoms with E-state index in [0.29, 0.717) is 17.5 Å². The molecule has 2 unspecified atom stereocenters. The number of unbranched alkanes of at least 4 members (excludes halogenated alkanes) is 15. The number of nitriles is 2. The van der Waals surface area contributed by atoms with Crippen LogP contribution in [0, 0.1) is 28.5 Å². The zero-order valence-corrected chi connectivity index (χ0v) is 33.1. The number of aliphatic hydroxyl groups excluding tert-OH is 1. The van der Waals surface area contributed by atoms with Gasteiger partial charge in [0.25, 0.3) is 0 Å². The molecule has 1 aliphatic carbocycles. The van der Waals surface area contributed by atoms with Gasteiger partial charge in [-0.3, -0.25) is 9.05 Å². The van der Waals surface area contributed by atoms with E-state index in [1.807, 2.05) is 12.1 Å². The highest BCUT2D eigenvalue weighted by Gasteiger charge is 2.90. The third kappa shape index (κ3) is 10.5. The number of fused-ring (bicyclic) bond motifs is 2. The second-order valence-corrected chi connectivity index (χ2v) is 16.5. The fourth-order valence-electron chi connectivity index (χ4n) is 7.68. The van der Waals surface area contributed by atoms with E-state index >= 15 is 0 Å². The maximum atomic E-state index is 14.1. The van der Waals surface area contributed by atoms with Crippen molar-refractivity contribution in [2.75, 3.05) is 12.3 Å². The maximum Gasteiger partial charge on any atom is 0.472 e. The average molecular weight is 799 g/mol. The average Bonchev–Trinajstić information content (AvgIpc) is 3.41. The normalized spacial score (nSPS) is 24.4. The second kappa shape index (κ2) is 20.3. The summed E-state index contributed by atoms with van der Waals surface area (Å²) in [7, 11) is -4.96. The third-order valence-corrected chi connectivity index (χ3v) is 11.9. The molecule has 1 aliphatic heterocycles. The number of aliphatic hydroxyl groups is 2. The molecule has 3 heterocycles. The van der Waals surface area contributed by atoms with Crippen molar-refractivity contribution < 1.29 is 42.6 Å². The van der Waals surface area contributed by atoms with Crippen LogP contribution >= 0.6 is 7.82 Å². The van der Waals surface area contributed by atoms with Crippen LogP contribution in [0.2, 0.25) is 0 Å². The lowest BCUT2D eigenvalue weighted by Crippen LogP contribution is -2.35. The van der Waals surface area contributed by atoms with Gasteiger partial charge in [0.1, 0.15) is 35.9 Å². The van der Waals surface area contributed by atoms with E-state index in [2.05, 4.69) is 17.0 Å². The van der Waals surface area contributed by atoms with Gasteiger partial charge >= 0.3 is 7.82 Å². The summed E-state index contributed by atoms with van der Waals surface area (Å²) in [6.07, 6.45) is 15.7. The number of hydrogen-bond acceptors (Lipinski definition) is 12. The molecule has 0 radical (unpaired) electrons. The molecule has 56 heavy (non-hydrogen) atoms. The first kappa shape index (κ1) is 43.6. The first-order valence-electron chi connectivity index (χ1n) is 20.0. The number of hydrogen-bond donors (Lipinski definition) is 4. The molecule has 0 amide bonds. The van der Waals surface area contributed by atoms with Crippen LogP contribution in [0.1, 0.15) is 139 Å². The molecule has 2 aliphatic rings. The quantitative estimate of drug-likeness (QED) is 0.0457. The van der Waals surface area contributed by atoms with Crippen LogP contribution in [-0.2, 0) is 29.7 Å². The summed E-state index contributed by atoms with van der Waals surface area (Å²) in [5, 5.41) is 46.0. The summed E-state index contributed by atoms with van der Waals surface area (Å²) in [6.45, 7) is 1.76. The Balaban J connectivity index is 1.08. The minimum atomic E-state index is -4.96. The van der Waals surface area contributed by atoms with E-state index in [4.69, 9.17) is 24.3 Å². The second-order valence-electron chi connectivity index (χ2n) is 15.1. The fourth-order valence-corrected chi connectivity index (χ4v) is 8.67. The van der Waals surface area contributed by atoms with E-state index in [1.54, 1.807) is 12.1 Å². The van der Waals surface area contributed by atoms with Gasteiger partial charge in [-0.05, 0) is 42.3 Å². The Morgan fingerprint density at radius 3 is 2.21 bits per heavy atom. The Kier molecular flexibility index (Phi) is 15.8. The smallest absolute Gasteiger partial charge is 0.387 e. The number of nitrogens with two attached hydrogens (primary N) is 1. The molecule has 7 atom stereocenters. The summed E-state index contributed by atoms with van der Waals surface area (Å²) in [4.78, 5) is 14.7. The Morgan fingerprint density at radius 1 is 1.00 bits per heavy atom. The number of nitrogen functional groups attached to an aromatic ring is 1. The van der Waals surface area contributed by atoms with Crippen LogP contribution in [0.4, 0.5) is 10.2 Å². The SMILES string of the molecule is CCCCCCCCCCCCCCCCCC[C@@H](COP(=O)(O)OC1[C@@]2(C#N)O[C@@H](c3ccc4c(N)ncnn34)[C@H](O)[C@@]12O)OCc1cc(F)cc(C#N)c1. The van der Waals surface area contributed by atoms with Crippen molar-refractivity contribution in [2.45, 2.75) is 158 Å². The molecule has 16 heteroatoms. The molecule has 0 bridgehead atoms. The molecule has 306 valence electrons. The third-order valence-electron chi connectivity index (χ3n) is 10.9. The minimum Gasteiger partial charge on any atom is -0.387 e. The van der Waals surface area contributed by atoms with Gasteiger partial charge in [0.2, 0.25) is 5.60 Å². The lowest BCUT2D eigenvalue weighted by atomic mass is 10.0. The number of rotatable bonds is 26. The van der Waals surface area contributed by atoms with Gasteiger partial charge in [-0.25, -0.2) is 18.5 Å². The standard InChI is InChI=1S/C40H56FN6O8P/c1-2-3-4-5-6-7-8-9-10-11-12-13-14-15-16-17-18-32(52-25-30-21-29(24-42)22-31(41)23-30)26-53-56(50,51)55-38-39(27-43)40(38,49)36(48)35(54-39)33-19-20-34-37(44)45-28-46-47(33)34/h19-23,28,32,35-36,38,48-49H,2-18,25-26H2,1H3,(H,50,51)(H2,44,45,46)/t32-,35-,36-,38?,39+,40+/m0/s1. The van der Waals surface area contributed by atoms with Gasteiger partial charge in [0.15, 0.2) is 17.5 Å². The van der Waals surface area contributed by atoms with Crippen molar-refractivity contribution in [2.24, 2.45) is 0 Å². The monoisotopic (exact) mass is 798 g/mol. The summed E-state index contributed by atoms with van der Waals surface area (Å²) < 4.78 is 51.1. The van der Waals surface area contributed by atoms with Crippen LogP contribution in [-0.4, -0.2) is 65.8 Å². The molecular weight excluding hydrogens is 742 g/mol. The number of halogens is 1. The number of ether oxygens (including phenoxy) is 2. The molecule has 5 N–H and O–H groups in total. The molecule has 1 saturated heterocycles. The van der Waals surface area contributed by atoms with Gasteiger partial charge in [0.05, 0.1) is 36.6 Å². The molecule has 2 aromatic heterocycles. The molecular formula is C40H56FN6O8P. The van der Waals surface area contributed by atoms with E-state index in [1.165, 1.54) is 100 Å². The van der Waals surface area contributed by atoms with Gasteiger partial charge in [-0.2, -0.15) is 15.6 Å². The fraction of sp³-hybridized carbons (Fsp3) is 0.650. The highest BCUT2D eigenvalue weighted by molar-refractivity contribution is 7.47. The topological polar surface area (TPSA) is 218 Å². The van der Waals surface area contributed by atoms with Crippen LogP contribution in [0.25, 0.3) is 5.52 Å². The number of nitrogens with zero attached hydrogens (tertiary/aromatic N) is 5. The summed E-state index contributed by atoms with van der Waals surface area (Å²) >= 11 is 0. The maximum absolute atomic E-state index is 14.1. The number of anilines is 1. The van der Waals surface area contributed by atoms with Crippen LogP contribution in [0.5, 0.6) is 0 Å². The molecule has 3 aromatic rings. The molecule has 0 spiro atoms. The van der Waals surface area contributed by atoms with Gasteiger partial charge in [-0.1, -0.05) is 110 Å². The first-order valence-corrected chi connectivity index (χ1v) is 21.5. The van der Waals surface area contributed by atoms with Crippen molar-refractivity contribution in [3.63, 3.8) is 0 Å². The molecule has 1 saturated carbocycles. The van der Waals surface area contributed by atoms with E-state index in [-0.39, 0.29) is 23.7 Å². The zero-order valence-electron chi connectivity index (χ0n) is 32.2. The van der Waals surface area contributed by atoms with Gasteiger partial charge in [0, 0.05) is 0 Å². The van der Waals surface area contributed by atoms with Gasteiger partial charge in [-0.15, -0.1) is 0 Å². The summed E-state index contributed by atoms with van der Waals surface area (Å²) in [6, 6.07) is 10.7. The Bertz CT molecular complexity index is 1870. The Morgan fingerprint density at radius 2 is 1.62 bits per heavy atom. The number of phosphoric ester groups is 1. The largest absolute Gasteiger partial charge is 0.472 e. The molecule has 2 fully saturated rings. The van der Waals surface area contributed by atoms with Crippen LogP contribution in [0.15, 0.2) is 36.7 Å². The minimum absolute atomic E-state index is 0.0811. The predicted molar refractivity (Wildman–Crippen MR) is 205 cm³/mol. The van der Waals surface area contributed by atoms with E-state index in [0.717, 1.165) is 31.7 Å². The van der Waals surface area contributed by atoms with Crippen LogP contribution in [0.3, 0.4) is 0 Å². The summed E-state index contributed by atoms with van der Waals surface area (Å²) in [5.41, 5.74) is 2.59. The Hall–Kier alpha value is -3.50. The van der Waals surface area contributed by atoms with Crippen molar-refractivity contribution in [3.8, 4) is 12.1 Å². The van der Waals surface area contributed by atoms with Gasteiger partial charge < -0.3 is 30.3 Å². The number of phosphoric acid groups is 1. The first-order chi connectivity index (χ1) is 27.0. The van der Waals surface area contributed by atoms with E-state index < -0.39 is 55.9 Å². The van der Waals surface area contributed by atoms with Crippen molar-refractivity contribution >= 4 is 19.2 Å². The zero-order chi connectivity index (χ0) is 40.2. The summed E-state index contributed by atoms with van der Waals surface area (Å²) in [5.74, 6) is -0.424. The van der Waals surface area contributed by atoms with Crippen LogP contribution < -0.4 is 5.73 Å². The number of benzene rings is 1. The molecule has 14 nitrogen and oxygen atoms in total. The molecule has 5 rings (SSSR count). The highest BCUT2D eigenvalue weighted by Crippen LogP contribution is 2.68.